The molecule has 1 fully saturated rings. The smallest absolute Gasteiger partial charge is 0.260 e. The van der Waals surface area contributed by atoms with Crippen LogP contribution in [-0.2, 0) is 17.6 Å². The third-order valence-corrected chi connectivity index (χ3v) is 7.89. The summed E-state index contributed by atoms with van der Waals surface area (Å²) in [6.45, 7) is 4.15. The monoisotopic (exact) mass is 405 g/mol. The van der Waals surface area contributed by atoms with Crippen molar-refractivity contribution in [2.45, 2.75) is 81.7 Å². The van der Waals surface area contributed by atoms with E-state index in [0.717, 1.165) is 42.3 Å². The Hall–Kier alpha value is -1.34. The summed E-state index contributed by atoms with van der Waals surface area (Å²) in [6, 6.07) is 0.301. The van der Waals surface area contributed by atoms with Crippen LogP contribution in [0.2, 0.25) is 0 Å². The Bertz CT molecular complexity index is 898. The van der Waals surface area contributed by atoms with Crippen molar-refractivity contribution in [3.05, 3.63) is 20.8 Å². The van der Waals surface area contributed by atoms with Gasteiger partial charge in [0.25, 0.3) is 5.56 Å². The van der Waals surface area contributed by atoms with Gasteiger partial charge in [0.2, 0.25) is 5.91 Å². The Labute approximate surface area is 167 Å². The van der Waals surface area contributed by atoms with Gasteiger partial charge in [-0.05, 0) is 50.5 Å². The number of H-pyrrole nitrogens is 1. The second kappa shape index (κ2) is 7.95. The fourth-order valence-electron chi connectivity index (χ4n) is 4.17. The number of aromatic amines is 1. The maximum absolute atomic E-state index is 12.7. The number of nitrogens with one attached hydrogen (secondary N) is 2. The lowest BCUT2D eigenvalue weighted by Crippen LogP contribution is -2.40. The first-order valence-electron chi connectivity index (χ1n) is 10.0. The van der Waals surface area contributed by atoms with Crippen molar-refractivity contribution in [1.29, 1.82) is 0 Å². The van der Waals surface area contributed by atoms with Gasteiger partial charge in [0.15, 0.2) is 5.16 Å². The second-order valence-corrected chi connectivity index (χ2v) is 10.4. The number of fused-ring (bicyclic) bond motifs is 3. The van der Waals surface area contributed by atoms with Crippen LogP contribution in [0, 0.1) is 5.92 Å². The average molecular weight is 406 g/mol. The number of aryl methyl sites for hydroxylation is 1. The molecule has 146 valence electrons. The number of hydrogen-bond donors (Lipinski definition) is 2. The predicted octanol–water partition coefficient (Wildman–Crippen LogP) is 4.04. The molecule has 4 rings (SSSR count). The summed E-state index contributed by atoms with van der Waals surface area (Å²) in [6.07, 6.45) is 8.94. The van der Waals surface area contributed by atoms with E-state index in [1.165, 1.54) is 41.5 Å². The number of rotatable bonds is 4. The average Bonchev–Trinajstić information content (AvgIpc) is 3.00. The van der Waals surface area contributed by atoms with E-state index in [4.69, 9.17) is 0 Å². The van der Waals surface area contributed by atoms with E-state index >= 15 is 0 Å². The molecule has 1 amide bonds. The van der Waals surface area contributed by atoms with Crippen LogP contribution in [0.3, 0.4) is 0 Å². The summed E-state index contributed by atoms with van der Waals surface area (Å²) in [7, 11) is 0. The molecule has 7 heteroatoms. The highest BCUT2D eigenvalue weighted by molar-refractivity contribution is 8.00. The number of carbonyl (C=O) groups is 1. The van der Waals surface area contributed by atoms with E-state index in [-0.39, 0.29) is 16.7 Å². The zero-order valence-electron chi connectivity index (χ0n) is 16.0. The number of amides is 1. The summed E-state index contributed by atoms with van der Waals surface area (Å²) < 4.78 is 0. The SMILES string of the molecule is C[C@@H]1CCc2c(sc3nc(S[C@H](C)C(=O)NC4CCCCC4)[nH]c(=O)c23)C1. The molecule has 2 aromatic heterocycles. The number of nitrogens with zero attached hydrogens (tertiary/aromatic N) is 1. The van der Waals surface area contributed by atoms with E-state index in [1.807, 2.05) is 6.92 Å². The molecule has 0 aromatic carbocycles. The summed E-state index contributed by atoms with van der Waals surface area (Å²) in [5.41, 5.74) is 1.14. The fourth-order valence-corrected chi connectivity index (χ4v) is 6.42. The van der Waals surface area contributed by atoms with E-state index in [0.29, 0.717) is 17.1 Å². The molecule has 2 aromatic rings. The number of carbonyl (C=O) groups excluding carboxylic acids is 1. The topological polar surface area (TPSA) is 74.8 Å². The van der Waals surface area contributed by atoms with Gasteiger partial charge in [0.1, 0.15) is 4.83 Å². The standard InChI is InChI=1S/C20H27N3O2S2/c1-11-8-9-14-15(10-11)27-19-16(14)18(25)22-20(23-19)26-12(2)17(24)21-13-6-4-3-5-7-13/h11-13H,3-10H2,1-2H3,(H,21,24)(H,22,23,25)/t11-,12-/m1/s1. The van der Waals surface area contributed by atoms with Crippen LogP contribution in [0.5, 0.6) is 0 Å². The van der Waals surface area contributed by atoms with E-state index in [1.54, 1.807) is 11.3 Å². The van der Waals surface area contributed by atoms with Crippen molar-refractivity contribution < 1.29 is 4.79 Å². The fraction of sp³-hybridized carbons (Fsp3) is 0.650. The van der Waals surface area contributed by atoms with Gasteiger partial charge in [-0.25, -0.2) is 4.98 Å². The zero-order valence-corrected chi connectivity index (χ0v) is 17.6. The number of thioether (sulfide) groups is 1. The van der Waals surface area contributed by atoms with Gasteiger partial charge in [0.05, 0.1) is 10.6 Å². The molecule has 0 aliphatic heterocycles. The Balaban J connectivity index is 1.50. The van der Waals surface area contributed by atoms with Gasteiger partial charge < -0.3 is 10.3 Å². The van der Waals surface area contributed by atoms with Crippen LogP contribution >= 0.6 is 23.1 Å². The van der Waals surface area contributed by atoms with Crippen molar-refractivity contribution in [1.82, 2.24) is 15.3 Å². The molecule has 27 heavy (non-hydrogen) atoms. The van der Waals surface area contributed by atoms with Crippen LogP contribution < -0.4 is 10.9 Å². The van der Waals surface area contributed by atoms with Gasteiger partial charge in [-0.15, -0.1) is 11.3 Å². The predicted molar refractivity (Wildman–Crippen MR) is 112 cm³/mol. The minimum absolute atomic E-state index is 0.0361. The van der Waals surface area contributed by atoms with Crippen LogP contribution in [-0.4, -0.2) is 27.2 Å². The Morgan fingerprint density at radius 2 is 2.07 bits per heavy atom. The van der Waals surface area contributed by atoms with Gasteiger partial charge in [-0.1, -0.05) is 37.9 Å². The Kier molecular flexibility index (Phi) is 5.60. The molecule has 2 N–H and O–H groups in total. The highest BCUT2D eigenvalue weighted by Gasteiger charge is 2.25. The minimum atomic E-state index is -0.276. The van der Waals surface area contributed by atoms with Crippen molar-refractivity contribution in [2.24, 2.45) is 5.92 Å². The molecule has 0 spiro atoms. The second-order valence-electron chi connectivity index (χ2n) is 8.01. The van der Waals surface area contributed by atoms with E-state index in [2.05, 4.69) is 22.2 Å². The molecule has 5 nitrogen and oxygen atoms in total. The van der Waals surface area contributed by atoms with Gasteiger partial charge in [-0.2, -0.15) is 0 Å². The van der Waals surface area contributed by atoms with Gasteiger partial charge >= 0.3 is 0 Å². The molecule has 2 aliphatic carbocycles. The molecule has 1 saturated carbocycles. The van der Waals surface area contributed by atoms with Crippen molar-refractivity contribution in [3.8, 4) is 0 Å². The van der Waals surface area contributed by atoms with Crippen LogP contribution in [0.1, 0.15) is 62.8 Å². The van der Waals surface area contributed by atoms with Crippen molar-refractivity contribution in [3.63, 3.8) is 0 Å². The van der Waals surface area contributed by atoms with Crippen molar-refractivity contribution in [2.75, 3.05) is 0 Å². The molecular formula is C20H27N3O2S2. The Morgan fingerprint density at radius 1 is 1.30 bits per heavy atom. The maximum Gasteiger partial charge on any atom is 0.260 e. The maximum atomic E-state index is 12.7. The minimum Gasteiger partial charge on any atom is -0.352 e. The van der Waals surface area contributed by atoms with Crippen LogP contribution in [0.25, 0.3) is 10.2 Å². The van der Waals surface area contributed by atoms with Gasteiger partial charge in [0, 0.05) is 10.9 Å². The highest BCUT2D eigenvalue weighted by atomic mass is 32.2. The summed E-state index contributed by atoms with van der Waals surface area (Å²) in [4.78, 5) is 34.9. The first-order valence-corrected chi connectivity index (χ1v) is 11.7. The molecular weight excluding hydrogens is 378 g/mol. The first-order chi connectivity index (χ1) is 13.0. The molecule has 0 radical (unpaired) electrons. The van der Waals surface area contributed by atoms with Crippen LogP contribution in [0.15, 0.2) is 9.95 Å². The summed E-state index contributed by atoms with van der Waals surface area (Å²) >= 11 is 2.99. The highest BCUT2D eigenvalue weighted by Crippen LogP contribution is 2.36. The third-order valence-electron chi connectivity index (χ3n) is 5.75. The molecule has 2 atom stereocenters. The summed E-state index contributed by atoms with van der Waals surface area (Å²) in [5, 5.41) is 4.20. The summed E-state index contributed by atoms with van der Waals surface area (Å²) in [5.74, 6) is 0.705. The lowest BCUT2D eigenvalue weighted by molar-refractivity contribution is -0.121. The number of aromatic nitrogens is 2. The normalized spacial score (nSPS) is 21.8. The van der Waals surface area contributed by atoms with Crippen molar-refractivity contribution >= 4 is 39.2 Å². The molecule has 0 bridgehead atoms. The third kappa shape index (κ3) is 4.09. The number of hydrogen-bond acceptors (Lipinski definition) is 5. The first kappa shape index (κ1) is 19.0. The lowest BCUT2D eigenvalue weighted by atomic mass is 9.89. The molecule has 2 aliphatic rings. The molecule has 0 saturated heterocycles. The largest absolute Gasteiger partial charge is 0.352 e. The lowest BCUT2D eigenvalue weighted by Gasteiger charge is -2.24. The zero-order chi connectivity index (χ0) is 19.0. The molecule has 2 heterocycles. The van der Waals surface area contributed by atoms with Gasteiger partial charge in [-0.3, -0.25) is 9.59 Å². The van der Waals surface area contributed by atoms with E-state index < -0.39 is 0 Å². The quantitative estimate of drug-likeness (QED) is 0.595. The van der Waals surface area contributed by atoms with E-state index in [9.17, 15) is 9.59 Å². The Morgan fingerprint density at radius 3 is 2.85 bits per heavy atom. The number of thiophene rings is 1. The van der Waals surface area contributed by atoms with Crippen LogP contribution in [0.4, 0.5) is 0 Å². The molecule has 0 unspecified atom stereocenters.